The van der Waals surface area contributed by atoms with Crippen molar-refractivity contribution >= 4 is 0 Å². The standard InChI is InChI=1S/C19H35N/c1-15-10-11-17(3,4)12-16(2)20(9)14-18(5,6)13-19(15,7)8/h10-12,15H,13-14H2,1-9H3/b11-10?,16-12+. The van der Waals surface area contributed by atoms with Gasteiger partial charge in [-0.1, -0.05) is 66.7 Å². The zero-order valence-electron chi connectivity index (χ0n) is 15.2. The maximum Gasteiger partial charge on any atom is 0.0223 e. The van der Waals surface area contributed by atoms with E-state index in [0.717, 1.165) is 6.54 Å². The van der Waals surface area contributed by atoms with Crippen LogP contribution < -0.4 is 0 Å². The van der Waals surface area contributed by atoms with Gasteiger partial charge in [-0.25, -0.2) is 0 Å². The Labute approximate surface area is 127 Å². The van der Waals surface area contributed by atoms with Gasteiger partial charge < -0.3 is 4.90 Å². The molecule has 1 rings (SSSR count). The van der Waals surface area contributed by atoms with Gasteiger partial charge in [-0.2, -0.15) is 0 Å². The SMILES string of the molecule is C/C1=C\C(C)(C)C=CC(C)C(C)(C)CC(C)(C)CN1C. The Morgan fingerprint density at radius 2 is 1.65 bits per heavy atom. The Balaban J connectivity index is 3.22. The zero-order chi connectivity index (χ0) is 15.8. The van der Waals surface area contributed by atoms with E-state index >= 15 is 0 Å². The molecule has 0 radical (unpaired) electrons. The van der Waals surface area contributed by atoms with E-state index in [1.807, 2.05) is 0 Å². The molecule has 1 heteroatoms. The molecule has 1 nitrogen and oxygen atoms in total. The van der Waals surface area contributed by atoms with Crippen LogP contribution in [0.1, 0.15) is 61.8 Å². The van der Waals surface area contributed by atoms with Crippen molar-refractivity contribution in [1.29, 1.82) is 0 Å². The second-order valence-corrected chi connectivity index (χ2v) is 8.94. The zero-order valence-corrected chi connectivity index (χ0v) is 15.2. The Kier molecular flexibility index (Phi) is 4.83. The van der Waals surface area contributed by atoms with Gasteiger partial charge in [0.15, 0.2) is 0 Å². The van der Waals surface area contributed by atoms with E-state index in [9.17, 15) is 0 Å². The van der Waals surface area contributed by atoms with Gasteiger partial charge in [-0.15, -0.1) is 0 Å². The van der Waals surface area contributed by atoms with Gasteiger partial charge >= 0.3 is 0 Å². The van der Waals surface area contributed by atoms with Crippen LogP contribution in [0.4, 0.5) is 0 Å². The Morgan fingerprint density at radius 1 is 1.10 bits per heavy atom. The van der Waals surface area contributed by atoms with E-state index in [-0.39, 0.29) is 5.41 Å². The molecule has 1 unspecified atom stereocenters. The second-order valence-electron chi connectivity index (χ2n) is 8.94. The lowest BCUT2D eigenvalue weighted by atomic mass is 9.68. The van der Waals surface area contributed by atoms with E-state index in [1.165, 1.54) is 12.1 Å². The topological polar surface area (TPSA) is 3.24 Å². The third-order valence-corrected chi connectivity index (χ3v) is 4.83. The summed E-state index contributed by atoms with van der Waals surface area (Å²) in [5.41, 5.74) is 2.15. The molecule has 1 heterocycles. The molecule has 116 valence electrons. The molecule has 0 saturated heterocycles. The fourth-order valence-electron chi connectivity index (χ4n) is 3.57. The van der Waals surface area contributed by atoms with Crippen molar-refractivity contribution in [2.45, 2.75) is 61.8 Å². The molecule has 0 N–H and O–H groups in total. The maximum absolute atomic E-state index is 2.42. The largest absolute Gasteiger partial charge is 0.378 e. The van der Waals surface area contributed by atoms with Crippen LogP contribution >= 0.6 is 0 Å². The number of hydrogen-bond acceptors (Lipinski definition) is 1. The summed E-state index contributed by atoms with van der Waals surface area (Å²) in [6, 6.07) is 0. The van der Waals surface area contributed by atoms with Crippen molar-refractivity contribution in [3.63, 3.8) is 0 Å². The summed E-state index contributed by atoms with van der Waals surface area (Å²) < 4.78 is 0. The summed E-state index contributed by atoms with van der Waals surface area (Å²) >= 11 is 0. The van der Waals surface area contributed by atoms with Crippen molar-refractivity contribution < 1.29 is 0 Å². The highest BCUT2D eigenvalue weighted by atomic mass is 15.1. The predicted molar refractivity (Wildman–Crippen MR) is 90.7 cm³/mol. The van der Waals surface area contributed by atoms with Gasteiger partial charge in [-0.3, -0.25) is 0 Å². The number of rotatable bonds is 0. The minimum Gasteiger partial charge on any atom is -0.378 e. The Morgan fingerprint density at radius 3 is 2.20 bits per heavy atom. The summed E-state index contributed by atoms with van der Waals surface area (Å²) in [6.45, 7) is 19.9. The first-order chi connectivity index (χ1) is 8.85. The average molecular weight is 277 g/mol. The third kappa shape index (κ3) is 4.68. The van der Waals surface area contributed by atoms with Crippen molar-refractivity contribution in [2.24, 2.45) is 22.2 Å². The first kappa shape index (κ1) is 17.3. The van der Waals surface area contributed by atoms with E-state index < -0.39 is 0 Å². The molecule has 0 bridgehead atoms. The first-order valence-electron chi connectivity index (χ1n) is 7.95. The Bertz CT molecular complexity index is 396. The third-order valence-electron chi connectivity index (χ3n) is 4.83. The molecule has 1 atom stereocenters. The normalized spacial score (nSPS) is 32.1. The fourth-order valence-corrected chi connectivity index (χ4v) is 3.57. The molecule has 0 aliphatic carbocycles. The molecular formula is C19H35N. The minimum absolute atomic E-state index is 0.122. The highest BCUT2D eigenvalue weighted by Gasteiger charge is 2.33. The van der Waals surface area contributed by atoms with Crippen LogP contribution in [0.25, 0.3) is 0 Å². The van der Waals surface area contributed by atoms with Gasteiger partial charge in [0.2, 0.25) is 0 Å². The van der Waals surface area contributed by atoms with E-state index in [4.69, 9.17) is 0 Å². The lowest BCUT2D eigenvalue weighted by Crippen LogP contribution is -2.35. The van der Waals surface area contributed by atoms with Gasteiger partial charge in [0, 0.05) is 24.7 Å². The molecule has 0 fully saturated rings. The fraction of sp³-hybridized carbons (Fsp3) is 0.789. The van der Waals surface area contributed by atoms with Crippen molar-refractivity contribution in [3.05, 3.63) is 23.9 Å². The van der Waals surface area contributed by atoms with Crippen molar-refractivity contribution in [2.75, 3.05) is 13.6 Å². The summed E-state index contributed by atoms with van der Waals surface area (Å²) in [5, 5.41) is 0. The monoisotopic (exact) mass is 277 g/mol. The van der Waals surface area contributed by atoms with Crippen molar-refractivity contribution in [3.8, 4) is 0 Å². The molecule has 0 aromatic heterocycles. The summed E-state index contributed by atoms with van der Waals surface area (Å²) in [6.07, 6.45) is 8.44. The number of hydrogen-bond donors (Lipinski definition) is 0. The molecule has 20 heavy (non-hydrogen) atoms. The summed E-state index contributed by atoms with van der Waals surface area (Å²) in [4.78, 5) is 2.42. The molecule has 0 aromatic rings. The van der Waals surface area contributed by atoms with Crippen LogP contribution in [0, 0.1) is 22.2 Å². The van der Waals surface area contributed by atoms with E-state index in [1.54, 1.807) is 0 Å². The van der Waals surface area contributed by atoms with Gasteiger partial charge in [0.1, 0.15) is 0 Å². The molecule has 0 saturated carbocycles. The average Bonchev–Trinajstić information content (AvgIpc) is 2.22. The van der Waals surface area contributed by atoms with Crippen LogP contribution in [0.15, 0.2) is 23.9 Å². The van der Waals surface area contributed by atoms with Gasteiger partial charge in [-0.05, 0) is 30.1 Å². The van der Waals surface area contributed by atoms with E-state index in [2.05, 4.69) is 85.6 Å². The minimum atomic E-state index is 0.122. The maximum atomic E-state index is 2.42. The quantitative estimate of drug-likeness (QED) is 0.529. The lowest BCUT2D eigenvalue weighted by Gasteiger charge is -2.40. The highest BCUT2D eigenvalue weighted by molar-refractivity contribution is 5.14. The molecule has 1 aliphatic heterocycles. The van der Waals surface area contributed by atoms with Crippen LogP contribution in [0.3, 0.4) is 0 Å². The highest BCUT2D eigenvalue weighted by Crippen LogP contribution is 2.41. The summed E-state index contributed by atoms with van der Waals surface area (Å²) in [5.74, 6) is 0.596. The second kappa shape index (κ2) is 5.58. The lowest BCUT2D eigenvalue weighted by molar-refractivity contribution is 0.126. The first-order valence-corrected chi connectivity index (χ1v) is 7.95. The van der Waals surface area contributed by atoms with Crippen LogP contribution in [-0.2, 0) is 0 Å². The molecule has 0 aromatic carbocycles. The van der Waals surface area contributed by atoms with Crippen LogP contribution in [0.5, 0.6) is 0 Å². The number of nitrogens with zero attached hydrogens (tertiary/aromatic N) is 1. The number of allylic oxidation sites excluding steroid dienone is 4. The smallest absolute Gasteiger partial charge is 0.0223 e. The van der Waals surface area contributed by atoms with Crippen molar-refractivity contribution in [1.82, 2.24) is 4.90 Å². The van der Waals surface area contributed by atoms with Gasteiger partial charge in [0.25, 0.3) is 0 Å². The molecule has 0 amide bonds. The predicted octanol–water partition coefficient (Wildman–Crippen LogP) is 5.50. The molecular weight excluding hydrogens is 242 g/mol. The summed E-state index contributed by atoms with van der Waals surface area (Å²) in [7, 11) is 2.22. The van der Waals surface area contributed by atoms with Crippen LogP contribution in [0.2, 0.25) is 0 Å². The molecule has 0 spiro atoms. The van der Waals surface area contributed by atoms with Gasteiger partial charge in [0.05, 0.1) is 0 Å². The van der Waals surface area contributed by atoms with Crippen LogP contribution in [-0.4, -0.2) is 18.5 Å². The molecule has 1 aliphatic rings. The van der Waals surface area contributed by atoms with E-state index in [0.29, 0.717) is 16.7 Å². The Hall–Kier alpha value is -0.720.